The minimum absolute atomic E-state index is 0.0447. The molecule has 0 radical (unpaired) electrons. The van der Waals surface area contributed by atoms with E-state index in [1.54, 1.807) is 4.57 Å². The number of para-hydroxylation sites is 2. The summed E-state index contributed by atoms with van der Waals surface area (Å²) in [5, 5.41) is 0. The number of nitrogens with one attached hydrogen (secondary N) is 1. The zero-order valence-electron chi connectivity index (χ0n) is 8.98. The average Bonchev–Trinajstić information content (AvgIpc) is 2.89. The third-order valence-corrected chi connectivity index (χ3v) is 3.09. The fourth-order valence-electron chi connectivity index (χ4n) is 2.28. The molecule has 16 heavy (non-hydrogen) atoms. The van der Waals surface area contributed by atoms with Crippen molar-refractivity contribution in [2.24, 2.45) is 0 Å². The maximum Gasteiger partial charge on any atom is 0.326 e. The van der Waals surface area contributed by atoms with Gasteiger partial charge in [-0.25, -0.2) is 4.79 Å². The summed E-state index contributed by atoms with van der Waals surface area (Å²) in [5.41, 5.74) is 1.81. The second-order valence-electron chi connectivity index (χ2n) is 4.19. The van der Waals surface area contributed by atoms with Gasteiger partial charge in [0.1, 0.15) is 0 Å². The number of benzene rings is 1. The topological polar surface area (TPSA) is 47.0 Å². The van der Waals surface area contributed by atoms with Crippen molar-refractivity contribution in [3.05, 3.63) is 34.7 Å². The molecule has 4 heteroatoms. The maximum atomic E-state index is 11.8. The van der Waals surface area contributed by atoms with Gasteiger partial charge >= 0.3 is 5.69 Å². The van der Waals surface area contributed by atoms with Crippen molar-refractivity contribution in [1.82, 2.24) is 9.55 Å². The molecular weight excluding hydrogens is 204 g/mol. The molecule has 1 aromatic carbocycles. The minimum atomic E-state index is -0.0447. The highest BCUT2D eigenvalue weighted by atomic mass is 16.5. The predicted molar refractivity (Wildman–Crippen MR) is 61.5 cm³/mol. The Morgan fingerprint density at radius 1 is 1.44 bits per heavy atom. The van der Waals surface area contributed by atoms with Crippen LogP contribution in [-0.2, 0) is 11.3 Å². The first-order chi connectivity index (χ1) is 7.84. The highest BCUT2D eigenvalue weighted by molar-refractivity contribution is 5.74. The van der Waals surface area contributed by atoms with Crippen LogP contribution in [-0.4, -0.2) is 22.3 Å². The Labute approximate surface area is 92.8 Å². The highest BCUT2D eigenvalue weighted by Gasteiger charge is 2.18. The van der Waals surface area contributed by atoms with Gasteiger partial charge in [0.2, 0.25) is 0 Å². The van der Waals surface area contributed by atoms with Crippen LogP contribution < -0.4 is 5.69 Å². The van der Waals surface area contributed by atoms with E-state index < -0.39 is 0 Å². The second kappa shape index (κ2) is 3.79. The number of fused-ring (bicyclic) bond motifs is 1. The molecule has 1 atom stereocenters. The van der Waals surface area contributed by atoms with Crippen LogP contribution in [0.2, 0.25) is 0 Å². The third-order valence-electron chi connectivity index (χ3n) is 3.09. The molecule has 1 saturated heterocycles. The van der Waals surface area contributed by atoms with Gasteiger partial charge in [-0.2, -0.15) is 0 Å². The maximum absolute atomic E-state index is 11.8. The van der Waals surface area contributed by atoms with Gasteiger partial charge in [0.15, 0.2) is 0 Å². The molecule has 0 bridgehead atoms. The number of rotatable bonds is 2. The van der Waals surface area contributed by atoms with Crippen LogP contribution in [0, 0.1) is 0 Å². The smallest absolute Gasteiger partial charge is 0.326 e. The molecule has 1 unspecified atom stereocenters. The highest BCUT2D eigenvalue weighted by Crippen LogP contribution is 2.16. The van der Waals surface area contributed by atoms with Crippen LogP contribution in [0.5, 0.6) is 0 Å². The fourth-order valence-corrected chi connectivity index (χ4v) is 2.28. The van der Waals surface area contributed by atoms with Gasteiger partial charge in [-0.05, 0) is 25.0 Å². The molecule has 0 spiro atoms. The number of imidazole rings is 1. The molecule has 1 aromatic heterocycles. The van der Waals surface area contributed by atoms with Crippen LogP contribution in [0.25, 0.3) is 11.0 Å². The third kappa shape index (κ3) is 1.55. The van der Waals surface area contributed by atoms with Gasteiger partial charge in [0, 0.05) is 6.61 Å². The zero-order valence-corrected chi connectivity index (χ0v) is 8.98. The standard InChI is InChI=1S/C12H14N2O2/c15-12-13-10-5-1-2-6-11(10)14(12)8-9-4-3-7-16-9/h1-2,5-6,9H,3-4,7-8H2,(H,13,15). The van der Waals surface area contributed by atoms with E-state index in [0.29, 0.717) is 6.54 Å². The Kier molecular flexibility index (Phi) is 2.29. The molecular formula is C12H14N2O2. The average molecular weight is 218 g/mol. The van der Waals surface area contributed by atoms with Crippen LogP contribution in [0.4, 0.5) is 0 Å². The number of H-pyrrole nitrogens is 1. The van der Waals surface area contributed by atoms with Crippen molar-refractivity contribution in [2.75, 3.05) is 6.61 Å². The number of hydrogen-bond donors (Lipinski definition) is 1. The first kappa shape index (κ1) is 9.66. The molecule has 84 valence electrons. The second-order valence-corrected chi connectivity index (χ2v) is 4.19. The normalized spacial score (nSPS) is 20.6. The molecule has 1 aliphatic rings. The van der Waals surface area contributed by atoms with Crippen molar-refractivity contribution < 1.29 is 4.74 Å². The molecule has 4 nitrogen and oxygen atoms in total. The number of aromatic amines is 1. The SMILES string of the molecule is O=c1[nH]c2ccccc2n1CC1CCCO1. The van der Waals surface area contributed by atoms with Crippen LogP contribution in [0.15, 0.2) is 29.1 Å². The largest absolute Gasteiger partial charge is 0.376 e. The molecule has 1 N–H and O–H groups in total. The van der Waals surface area contributed by atoms with Gasteiger partial charge in [-0.3, -0.25) is 4.57 Å². The van der Waals surface area contributed by atoms with Gasteiger partial charge in [0.25, 0.3) is 0 Å². The van der Waals surface area contributed by atoms with E-state index in [2.05, 4.69) is 4.98 Å². The summed E-state index contributed by atoms with van der Waals surface area (Å²) in [6.45, 7) is 1.48. The van der Waals surface area contributed by atoms with Crippen molar-refractivity contribution in [3.8, 4) is 0 Å². The molecule has 2 aromatic rings. The Morgan fingerprint density at radius 3 is 3.12 bits per heavy atom. The van der Waals surface area contributed by atoms with E-state index in [0.717, 1.165) is 30.5 Å². The summed E-state index contributed by atoms with van der Waals surface area (Å²) in [4.78, 5) is 14.6. The van der Waals surface area contributed by atoms with E-state index in [1.165, 1.54) is 0 Å². The lowest BCUT2D eigenvalue weighted by molar-refractivity contribution is 0.0972. The fraction of sp³-hybridized carbons (Fsp3) is 0.417. The van der Waals surface area contributed by atoms with Crippen molar-refractivity contribution in [2.45, 2.75) is 25.5 Å². The van der Waals surface area contributed by atoms with Gasteiger partial charge < -0.3 is 9.72 Å². The number of nitrogens with zero attached hydrogens (tertiary/aromatic N) is 1. The lowest BCUT2D eigenvalue weighted by Gasteiger charge is -2.09. The van der Waals surface area contributed by atoms with E-state index in [-0.39, 0.29) is 11.8 Å². The number of aromatic nitrogens is 2. The predicted octanol–water partition coefficient (Wildman–Crippen LogP) is 1.51. The van der Waals surface area contributed by atoms with Crippen LogP contribution in [0.3, 0.4) is 0 Å². The Bertz CT molecular complexity index is 549. The van der Waals surface area contributed by atoms with Crippen molar-refractivity contribution in [3.63, 3.8) is 0 Å². The molecule has 2 heterocycles. The Hall–Kier alpha value is -1.55. The first-order valence-electron chi connectivity index (χ1n) is 5.64. The zero-order chi connectivity index (χ0) is 11.0. The summed E-state index contributed by atoms with van der Waals surface area (Å²) >= 11 is 0. The van der Waals surface area contributed by atoms with Crippen LogP contribution >= 0.6 is 0 Å². The summed E-state index contributed by atoms with van der Waals surface area (Å²) in [7, 11) is 0. The monoisotopic (exact) mass is 218 g/mol. The Balaban J connectivity index is 2.01. The molecule has 1 aliphatic heterocycles. The summed E-state index contributed by atoms with van der Waals surface area (Å²) in [6.07, 6.45) is 2.34. The molecule has 0 saturated carbocycles. The summed E-state index contributed by atoms with van der Waals surface area (Å²) in [5.74, 6) is 0. The van der Waals surface area contributed by atoms with Crippen LogP contribution in [0.1, 0.15) is 12.8 Å². The summed E-state index contributed by atoms with van der Waals surface area (Å²) < 4.78 is 7.33. The molecule has 1 fully saturated rings. The van der Waals surface area contributed by atoms with Crippen molar-refractivity contribution in [1.29, 1.82) is 0 Å². The quantitative estimate of drug-likeness (QED) is 0.830. The number of hydrogen-bond acceptors (Lipinski definition) is 2. The van der Waals surface area contributed by atoms with E-state index in [9.17, 15) is 4.79 Å². The first-order valence-corrected chi connectivity index (χ1v) is 5.64. The lowest BCUT2D eigenvalue weighted by Crippen LogP contribution is -2.24. The molecule has 0 amide bonds. The number of ether oxygens (including phenoxy) is 1. The van der Waals surface area contributed by atoms with Gasteiger partial charge in [-0.15, -0.1) is 0 Å². The van der Waals surface area contributed by atoms with E-state index >= 15 is 0 Å². The van der Waals surface area contributed by atoms with Gasteiger partial charge in [0.05, 0.1) is 23.7 Å². The summed E-state index contributed by atoms with van der Waals surface area (Å²) in [6, 6.07) is 7.75. The Morgan fingerprint density at radius 2 is 2.31 bits per heavy atom. The van der Waals surface area contributed by atoms with Gasteiger partial charge in [-0.1, -0.05) is 12.1 Å². The minimum Gasteiger partial charge on any atom is -0.376 e. The van der Waals surface area contributed by atoms with Crippen molar-refractivity contribution >= 4 is 11.0 Å². The molecule has 0 aliphatic carbocycles. The van der Waals surface area contributed by atoms with E-state index in [1.807, 2.05) is 24.3 Å². The van der Waals surface area contributed by atoms with E-state index in [4.69, 9.17) is 4.74 Å². The molecule has 3 rings (SSSR count). The lowest BCUT2D eigenvalue weighted by atomic mass is 10.2.